The van der Waals surface area contributed by atoms with Crippen LogP contribution in [0.3, 0.4) is 0 Å². The van der Waals surface area contributed by atoms with Crippen LogP contribution in [0.4, 0.5) is 0 Å². The van der Waals surface area contributed by atoms with Gasteiger partial charge in [0.05, 0.1) is 17.1 Å². The van der Waals surface area contributed by atoms with Gasteiger partial charge < -0.3 is 4.74 Å². The number of pyridine rings is 1. The molecule has 1 aliphatic heterocycles. The quantitative estimate of drug-likeness (QED) is 0.603. The molecule has 1 atom stereocenters. The van der Waals surface area contributed by atoms with E-state index < -0.39 is 12.2 Å². The number of imidazole rings is 1. The molecular weight excluding hydrogens is 396 g/mol. The van der Waals surface area contributed by atoms with Crippen LogP contribution in [0, 0.1) is 6.92 Å². The van der Waals surface area contributed by atoms with Crippen molar-refractivity contribution in [2.75, 3.05) is 0 Å². The van der Waals surface area contributed by atoms with Gasteiger partial charge in [0.25, 0.3) is 6.23 Å². The van der Waals surface area contributed by atoms with Gasteiger partial charge in [-0.15, -0.1) is 0 Å². The van der Waals surface area contributed by atoms with Gasteiger partial charge in [-0.2, -0.15) is 0 Å². The lowest BCUT2D eigenvalue weighted by molar-refractivity contribution is -0.146. The number of aromatic nitrogens is 3. The van der Waals surface area contributed by atoms with Crippen LogP contribution in [0.2, 0.25) is 0 Å². The number of carbonyl (C=O) groups is 1. The molecule has 0 amide bonds. The Kier molecular flexibility index (Phi) is 4.16. The minimum Gasteiger partial charge on any atom is -0.432 e. The monoisotopic (exact) mass is 410 g/mol. The predicted octanol–water partition coefficient (Wildman–Crippen LogP) is 3.75. The standard InChI is InChI=1S/C19H15BrN4O2/c1-11-10-22-18-19(26-12(2)25)23-17(15-5-3-4-8-21-15)14-9-13(20)6-7-16(14)24(11)18/h3-10,19H,1-2H3. The minimum absolute atomic E-state index is 0.418. The Hall–Kier alpha value is -2.80. The first-order valence-corrected chi connectivity index (χ1v) is 8.85. The second-order valence-corrected chi connectivity index (χ2v) is 6.82. The third-order valence-corrected chi connectivity index (χ3v) is 4.57. The first-order valence-electron chi connectivity index (χ1n) is 8.05. The molecule has 1 aromatic carbocycles. The smallest absolute Gasteiger partial charge is 0.304 e. The van der Waals surface area contributed by atoms with E-state index in [2.05, 4.69) is 25.9 Å². The molecule has 0 saturated carbocycles. The number of aryl methyl sites for hydroxylation is 1. The van der Waals surface area contributed by atoms with Crippen LogP contribution in [0.15, 0.2) is 58.3 Å². The highest BCUT2D eigenvalue weighted by molar-refractivity contribution is 9.10. The number of halogens is 1. The molecule has 0 bridgehead atoms. The average Bonchev–Trinajstić information content (AvgIpc) is 2.94. The highest BCUT2D eigenvalue weighted by Crippen LogP contribution is 2.33. The number of esters is 1. The summed E-state index contributed by atoms with van der Waals surface area (Å²) < 4.78 is 8.36. The zero-order valence-electron chi connectivity index (χ0n) is 14.2. The Balaban J connectivity index is 2.04. The third kappa shape index (κ3) is 2.84. The second kappa shape index (κ2) is 6.49. The normalized spacial score (nSPS) is 15.5. The van der Waals surface area contributed by atoms with Gasteiger partial charge in [-0.05, 0) is 37.3 Å². The van der Waals surface area contributed by atoms with E-state index in [1.807, 2.05) is 47.9 Å². The Morgan fingerprint density at radius 2 is 2.08 bits per heavy atom. The summed E-state index contributed by atoms with van der Waals surface area (Å²) in [5.41, 5.74) is 4.08. The van der Waals surface area contributed by atoms with Gasteiger partial charge in [-0.25, -0.2) is 9.98 Å². The lowest BCUT2D eigenvalue weighted by Gasteiger charge is -2.14. The molecular formula is C19H15BrN4O2. The van der Waals surface area contributed by atoms with Crippen LogP contribution in [-0.4, -0.2) is 26.2 Å². The van der Waals surface area contributed by atoms with Crippen molar-refractivity contribution >= 4 is 27.6 Å². The molecule has 0 aliphatic carbocycles. The number of nitrogens with zero attached hydrogens (tertiary/aromatic N) is 4. The van der Waals surface area contributed by atoms with E-state index in [9.17, 15) is 4.79 Å². The van der Waals surface area contributed by atoms with Crippen LogP contribution >= 0.6 is 15.9 Å². The summed E-state index contributed by atoms with van der Waals surface area (Å²) in [5.74, 6) is 0.144. The maximum absolute atomic E-state index is 11.7. The number of hydrogen-bond donors (Lipinski definition) is 0. The second-order valence-electron chi connectivity index (χ2n) is 5.91. The highest BCUT2D eigenvalue weighted by Gasteiger charge is 2.29. The van der Waals surface area contributed by atoms with Crippen molar-refractivity contribution in [1.29, 1.82) is 0 Å². The largest absolute Gasteiger partial charge is 0.432 e. The van der Waals surface area contributed by atoms with Crippen molar-refractivity contribution in [3.05, 3.63) is 76.0 Å². The Morgan fingerprint density at radius 3 is 2.81 bits per heavy atom. The molecule has 26 heavy (non-hydrogen) atoms. The molecule has 2 aromatic heterocycles. The molecule has 0 N–H and O–H groups in total. The van der Waals surface area contributed by atoms with Crippen molar-refractivity contribution < 1.29 is 9.53 Å². The number of hydrogen-bond acceptors (Lipinski definition) is 5. The van der Waals surface area contributed by atoms with Crippen molar-refractivity contribution in [2.24, 2.45) is 4.99 Å². The number of benzene rings is 1. The lowest BCUT2D eigenvalue weighted by atomic mass is 10.0. The topological polar surface area (TPSA) is 69.4 Å². The molecule has 130 valence electrons. The summed E-state index contributed by atoms with van der Waals surface area (Å²) >= 11 is 3.53. The molecule has 3 heterocycles. The van der Waals surface area contributed by atoms with Crippen molar-refractivity contribution in [2.45, 2.75) is 20.1 Å². The molecule has 0 radical (unpaired) electrons. The number of aliphatic imine (C=N–C) groups is 1. The summed E-state index contributed by atoms with van der Waals surface area (Å²) in [6, 6.07) is 11.6. The summed E-state index contributed by atoms with van der Waals surface area (Å²) in [6.07, 6.45) is 2.62. The molecule has 0 saturated heterocycles. The van der Waals surface area contributed by atoms with E-state index in [0.29, 0.717) is 17.2 Å². The summed E-state index contributed by atoms with van der Waals surface area (Å²) in [6.45, 7) is 3.32. The summed E-state index contributed by atoms with van der Waals surface area (Å²) in [4.78, 5) is 25.3. The third-order valence-electron chi connectivity index (χ3n) is 4.07. The van der Waals surface area contributed by atoms with Gasteiger partial charge in [-0.1, -0.05) is 22.0 Å². The molecule has 0 spiro atoms. The zero-order chi connectivity index (χ0) is 18.3. The number of ether oxygens (including phenoxy) is 1. The highest BCUT2D eigenvalue weighted by atomic mass is 79.9. The minimum atomic E-state index is -0.843. The van der Waals surface area contributed by atoms with Crippen LogP contribution in [0.1, 0.15) is 35.9 Å². The average molecular weight is 411 g/mol. The molecule has 1 aliphatic rings. The van der Waals surface area contributed by atoms with Gasteiger partial charge in [0.2, 0.25) is 0 Å². The van der Waals surface area contributed by atoms with Crippen molar-refractivity contribution in [3.63, 3.8) is 0 Å². The van der Waals surface area contributed by atoms with E-state index in [-0.39, 0.29) is 0 Å². The Morgan fingerprint density at radius 1 is 1.23 bits per heavy atom. The van der Waals surface area contributed by atoms with Crippen molar-refractivity contribution in [1.82, 2.24) is 14.5 Å². The predicted molar refractivity (Wildman–Crippen MR) is 100 cm³/mol. The van der Waals surface area contributed by atoms with E-state index in [0.717, 1.165) is 21.4 Å². The number of fused-ring (bicyclic) bond motifs is 3. The maximum atomic E-state index is 11.7. The first kappa shape index (κ1) is 16.7. The lowest BCUT2D eigenvalue weighted by Crippen LogP contribution is -2.12. The van der Waals surface area contributed by atoms with Crippen LogP contribution < -0.4 is 0 Å². The van der Waals surface area contributed by atoms with E-state index in [1.165, 1.54) is 6.92 Å². The molecule has 0 fully saturated rings. The molecule has 3 aromatic rings. The first-order chi connectivity index (χ1) is 12.5. The zero-order valence-corrected chi connectivity index (χ0v) is 15.8. The van der Waals surface area contributed by atoms with E-state index in [1.54, 1.807) is 12.4 Å². The SMILES string of the molecule is CC(=O)OC1N=C(c2ccccn2)c2cc(Br)ccc2-n2c(C)cnc21. The van der Waals surface area contributed by atoms with Gasteiger partial charge in [-0.3, -0.25) is 14.3 Å². The summed E-state index contributed by atoms with van der Waals surface area (Å²) in [7, 11) is 0. The summed E-state index contributed by atoms with van der Waals surface area (Å²) in [5, 5.41) is 0. The fourth-order valence-electron chi connectivity index (χ4n) is 3.02. The van der Waals surface area contributed by atoms with Gasteiger partial charge in [0, 0.05) is 35.0 Å². The van der Waals surface area contributed by atoms with Crippen molar-refractivity contribution in [3.8, 4) is 5.69 Å². The van der Waals surface area contributed by atoms with E-state index >= 15 is 0 Å². The Bertz CT molecular complexity index is 1030. The Labute approximate surface area is 158 Å². The number of rotatable bonds is 2. The molecule has 4 rings (SSSR count). The van der Waals surface area contributed by atoms with Gasteiger partial charge >= 0.3 is 5.97 Å². The molecule has 7 heteroatoms. The fraction of sp³-hybridized carbons (Fsp3) is 0.158. The maximum Gasteiger partial charge on any atom is 0.304 e. The van der Waals surface area contributed by atoms with Crippen LogP contribution in [-0.2, 0) is 9.53 Å². The molecule has 6 nitrogen and oxygen atoms in total. The van der Waals surface area contributed by atoms with Crippen LogP contribution in [0.5, 0.6) is 0 Å². The molecule has 1 unspecified atom stereocenters. The number of carbonyl (C=O) groups excluding carboxylic acids is 1. The van der Waals surface area contributed by atoms with Crippen LogP contribution in [0.25, 0.3) is 5.69 Å². The van der Waals surface area contributed by atoms with Gasteiger partial charge in [0.1, 0.15) is 0 Å². The van der Waals surface area contributed by atoms with E-state index in [4.69, 9.17) is 9.73 Å². The fourth-order valence-corrected chi connectivity index (χ4v) is 3.39. The van der Waals surface area contributed by atoms with Gasteiger partial charge in [0.15, 0.2) is 5.82 Å².